The van der Waals surface area contributed by atoms with Crippen LogP contribution in [0.2, 0.25) is 0 Å². The predicted octanol–water partition coefficient (Wildman–Crippen LogP) is -0.530. The first-order chi connectivity index (χ1) is 5.72. The molecule has 4 nitrogen and oxygen atoms in total. The smallest absolute Gasteiger partial charge is 0.224 e. The van der Waals surface area contributed by atoms with Gasteiger partial charge in [0.2, 0.25) is 5.91 Å². The van der Waals surface area contributed by atoms with E-state index in [2.05, 4.69) is 5.32 Å². The highest BCUT2D eigenvalue weighted by Gasteiger charge is 2.08. The van der Waals surface area contributed by atoms with Crippen LogP contribution < -0.4 is 11.1 Å². The zero-order valence-corrected chi connectivity index (χ0v) is 7.55. The zero-order valence-electron chi connectivity index (χ0n) is 7.55. The standard InChI is InChI=1S/C8H18N2O2/c1-7(6-9)8(12)10-4-2-3-5-11/h7,11H,2-6,9H2,1H3,(H,10,12). The first-order valence-corrected chi connectivity index (χ1v) is 4.31. The summed E-state index contributed by atoms with van der Waals surface area (Å²) in [6, 6.07) is 0. The van der Waals surface area contributed by atoms with Gasteiger partial charge in [-0.05, 0) is 12.8 Å². The molecule has 72 valence electrons. The molecule has 1 amide bonds. The number of nitrogens with one attached hydrogen (secondary N) is 1. The van der Waals surface area contributed by atoms with E-state index in [1.165, 1.54) is 0 Å². The Kier molecular flexibility index (Phi) is 6.70. The van der Waals surface area contributed by atoms with Crippen molar-refractivity contribution in [2.45, 2.75) is 19.8 Å². The maximum absolute atomic E-state index is 11.1. The highest BCUT2D eigenvalue weighted by molar-refractivity contribution is 5.78. The highest BCUT2D eigenvalue weighted by atomic mass is 16.2. The third-order valence-corrected chi connectivity index (χ3v) is 1.69. The van der Waals surface area contributed by atoms with Crippen LogP contribution in [0, 0.1) is 5.92 Å². The number of aliphatic hydroxyl groups is 1. The lowest BCUT2D eigenvalue weighted by Crippen LogP contribution is -2.33. The van der Waals surface area contributed by atoms with Gasteiger partial charge in [-0.1, -0.05) is 6.92 Å². The summed E-state index contributed by atoms with van der Waals surface area (Å²) in [6.45, 7) is 2.99. The van der Waals surface area contributed by atoms with E-state index in [0.29, 0.717) is 13.1 Å². The van der Waals surface area contributed by atoms with Crippen LogP contribution in [0.4, 0.5) is 0 Å². The second-order valence-corrected chi connectivity index (χ2v) is 2.86. The van der Waals surface area contributed by atoms with Gasteiger partial charge < -0.3 is 16.2 Å². The number of carbonyl (C=O) groups is 1. The van der Waals surface area contributed by atoms with E-state index in [-0.39, 0.29) is 18.4 Å². The molecule has 0 radical (unpaired) electrons. The first kappa shape index (κ1) is 11.4. The fourth-order valence-electron chi connectivity index (χ4n) is 0.730. The average molecular weight is 174 g/mol. The van der Waals surface area contributed by atoms with E-state index in [1.54, 1.807) is 6.92 Å². The lowest BCUT2D eigenvalue weighted by atomic mass is 10.1. The van der Waals surface area contributed by atoms with Crippen molar-refractivity contribution in [1.82, 2.24) is 5.32 Å². The molecular formula is C8H18N2O2. The Morgan fingerprint density at radius 3 is 2.75 bits per heavy atom. The summed E-state index contributed by atoms with van der Waals surface area (Å²) in [5, 5.41) is 11.2. The van der Waals surface area contributed by atoms with Gasteiger partial charge in [0, 0.05) is 25.6 Å². The molecule has 0 saturated carbocycles. The van der Waals surface area contributed by atoms with Gasteiger partial charge in [0.05, 0.1) is 0 Å². The molecule has 0 aromatic rings. The monoisotopic (exact) mass is 174 g/mol. The van der Waals surface area contributed by atoms with Gasteiger partial charge >= 0.3 is 0 Å². The molecule has 4 heteroatoms. The third kappa shape index (κ3) is 5.09. The van der Waals surface area contributed by atoms with E-state index >= 15 is 0 Å². The average Bonchev–Trinajstić information content (AvgIpc) is 2.10. The Labute approximate surface area is 73.1 Å². The van der Waals surface area contributed by atoms with Crippen LogP contribution in [-0.2, 0) is 4.79 Å². The molecule has 0 rings (SSSR count). The van der Waals surface area contributed by atoms with E-state index in [9.17, 15) is 4.79 Å². The van der Waals surface area contributed by atoms with Crippen molar-refractivity contribution in [2.75, 3.05) is 19.7 Å². The van der Waals surface area contributed by atoms with Crippen molar-refractivity contribution in [3.8, 4) is 0 Å². The SMILES string of the molecule is CC(CN)C(=O)NCCCCO. The molecule has 0 aromatic carbocycles. The topological polar surface area (TPSA) is 75.4 Å². The number of hydrogen-bond donors (Lipinski definition) is 3. The van der Waals surface area contributed by atoms with Crippen LogP contribution in [0.3, 0.4) is 0 Å². The Hall–Kier alpha value is -0.610. The molecule has 0 aliphatic heterocycles. The number of carbonyl (C=O) groups excluding carboxylic acids is 1. The molecule has 1 atom stereocenters. The zero-order chi connectivity index (χ0) is 9.40. The minimum Gasteiger partial charge on any atom is -0.396 e. The summed E-state index contributed by atoms with van der Waals surface area (Å²) in [5.74, 6) is -0.116. The third-order valence-electron chi connectivity index (χ3n) is 1.69. The maximum atomic E-state index is 11.1. The Morgan fingerprint density at radius 1 is 1.58 bits per heavy atom. The van der Waals surface area contributed by atoms with Gasteiger partial charge in [-0.2, -0.15) is 0 Å². The lowest BCUT2D eigenvalue weighted by molar-refractivity contribution is -0.124. The minimum absolute atomic E-state index is 0.00422. The molecule has 0 fully saturated rings. The summed E-state index contributed by atoms with van der Waals surface area (Å²) in [6.07, 6.45) is 1.55. The van der Waals surface area contributed by atoms with Gasteiger partial charge in [-0.25, -0.2) is 0 Å². The van der Waals surface area contributed by atoms with E-state index < -0.39 is 0 Å². The molecule has 4 N–H and O–H groups in total. The predicted molar refractivity (Wildman–Crippen MR) is 47.5 cm³/mol. The van der Waals surface area contributed by atoms with Crippen LogP contribution in [0.1, 0.15) is 19.8 Å². The number of rotatable bonds is 6. The van der Waals surface area contributed by atoms with Crippen LogP contribution in [0.15, 0.2) is 0 Å². The molecule has 0 saturated heterocycles. The molecule has 12 heavy (non-hydrogen) atoms. The van der Waals surface area contributed by atoms with E-state index in [0.717, 1.165) is 12.8 Å². The van der Waals surface area contributed by atoms with Crippen molar-refractivity contribution in [3.05, 3.63) is 0 Å². The van der Waals surface area contributed by atoms with Gasteiger partial charge in [0.1, 0.15) is 0 Å². The van der Waals surface area contributed by atoms with Crippen LogP contribution in [0.5, 0.6) is 0 Å². The molecule has 0 bridgehead atoms. The number of unbranched alkanes of at least 4 members (excludes halogenated alkanes) is 1. The largest absolute Gasteiger partial charge is 0.396 e. The van der Waals surface area contributed by atoms with Crippen molar-refractivity contribution in [1.29, 1.82) is 0 Å². The minimum atomic E-state index is -0.112. The van der Waals surface area contributed by atoms with Gasteiger partial charge in [-0.3, -0.25) is 4.79 Å². The maximum Gasteiger partial charge on any atom is 0.224 e. The number of hydrogen-bond acceptors (Lipinski definition) is 3. The number of amides is 1. The molecule has 0 aliphatic rings. The molecule has 0 spiro atoms. The Morgan fingerprint density at radius 2 is 2.25 bits per heavy atom. The number of nitrogens with two attached hydrogens (primary N) is 1. The Bertz CT molecular complexity index is 128. The fraction of sp³-hybridized carbons (Fsp3) is 0.875. The summed E-state index contributed by atoms with van der Waals surface area (Å²) in [5.41, 5.74) is 5.30. The fourth-order valence-corrected chi connectivity index (χ4v) is 0.730. The lowest BCUT2D eigenvalue weighted by Gasteiger charge is -2.08. The van der Waals surface area contributed by atoms with Gasteiger partial charge in [0.25, 0.3) is 0 Å². The van der Waals surface area contributed by atoms with Crippen LogP contribution >= 0.6 is 0 Å². The summed E-state index contributed by atoms with van der Waals surface area (Å²) in [4.78, 5) is 11.1. The molecule has 0 heterocycles. The molecule has 0 aromatic heterocycles. The van der Waals surface area contributed by atoms with Gasteiger partial charge in [-0.15, -0.1) is 0 Å². The normalized spacial score (nSPS) is 12.6. The van der Waals surface area contributed by atoms with Crippen molar-refractivity contribution in [3.63, 3.8) is 0 Å². The molecular weight excluding hydrogens is 156 g/mol. The number of aliphatic hydroxyl groups excluding tert-OH is 1. The van der Waals surface area contributed by atoms with E-state index in [4.69, 9.17) is 10.8 Å². The first-order valence-electron chi connectivity index (χ1n) is 4.31. The van der Waals surface area contributed by atoms with E-state index in [1.807, 2.05) is 0 Å². The van der Waals surface area contributed by atoms with Gasteiger partial charge in [0.15, 0.2) is 0 Å². The summed E-state index contributed by atoms with van der Waals surface area (Å²) < 4.78 is 0. The summed E-state index contributed by atoms with van der Waals surface area (Å²) in [7, 11) is 0. The highest BCUT2D eigenvalue weighted by Crippen LogP contribution is 1.91. The molecule has 1 unspecified atom stereocenters. The second kappa shape index (κ2) is 7.06. The van der Waals surface area contributed by atoms with Crippen molar-refractivity contribution < 1.29 is 9.90 Å². The second-order valence-electron chi connectivity index (χ2n) is 2.86. The summed E-state index contributed by atoms with van der Waals surface area (Å²) >= 11 is 0. The quantitative estimate of drug-likeness (QED) is 0.474. The Balaban J connectivity index is 3.31. The van der Waals surface area contributed by atoms with Crippen LogP contribution in [-0.4, -0.2) is 30.7 Å². The van der Waals surface area contributed by atoms with Crippen molar-refractivity contribution in [2.24, 2.45) is 11.7 Å². The van der Waals surface area contributed by atoms with Crippen molar-refractivity contribution >= 4 is 5.91 Å². The molecule has 0 aliphatic carbocycles. The van der Waals surface area contributed by atoms with Crippen LogP contribution in [0.25, 0.3) is 0 Å².